The summed E-state index contributed by atoms with van der Waals surface area (Å²) in [6.07, 6.45) is -2.80. The molecule has 1 aromatic carbocycles. The van der Waals surface area contributed by atoms with Crippen LogP contribution >= 0.6 is 0 Å². The summed E-state index contributed by atoms with van der Waals surface area (Å²) in [6.45, 7) is 1.19. The second-order valence-corrected chi connectivity index (χ2v) is 7.70. The highest BCUT2D eigenvalue weighted by atomic mass is 32.2. The number of nitrogens with zero attached hydrogens (tertiary/aromatic N) is 1. The van der Waals surface area contributed by atoms with Crippen LogP contribution in [-0.4, -0.2) is 37.9 Å². The van der Waals surface area contributed by atoms with Crippen molar-refractivity contribution in [2.24, 2.45) is 0 Å². The average molecular weight is 352 g/mol. The molecule has 0 saturated carbocycles. The minimum absolute atomic E-state index is 0.189. The van der Waals surface area contributed by atoms with Crippen molar-refractivity contribution in [2.45, 2.75) is 42.4 Å². The Kier molecular flexibility index (Phi) is 4.14. The summed E-state index contributed by atoms with van der Waals surface area (Å²) in [5.74, 6) is -1.57. The van der Waals surface area contributed by atoms with E-state index in [1.807, 2.05) is 0 Å². The van der Waals surface area contributed by atoms with Gasteiger partial charge in [-0.05, 0) is 44.0 Å². The Morgan fingerprint density at radius 3 is 2.48 bits per heavy atom. The third kappa shape index (κ3) is 2.97. The number of alkyl halides is 3. The Hall–Kier alpha value is -1.19. The SMILES string of the molecule is O=S(=O)(c1ccc(C(F)(F)F)c(F)c1)N1C2CCNCC1CC2. The van der Waals surface area contributed by atoms with Gasteiger partial charge in [-0.3, -0.25) is 0 Å². The molecule has 23 heavy (non-hydrogen) atoms. The molecule has 1 N–H and O–H groups in total. The van der Waals surface area contributed by atoms with Gasteiger partial charge in [0.25, 0.3) is 0 Å². The zero-order valence-electron chi connectivity index (χ0n) is 12.1. The summed E-state index contributed by atoms with van der Waals surface area (Å²) in [5.41, 5.74) is -1.46. The molecule has 0 spiro atoms. The van der Waals surface area contributed by atoms with E-state index in [0.29, 0.717) is 44.5 Å². The highest BCUT2D eigenvalue weighted by Gasteiger charge is 2.43. The van der Waals surface area contributed by atoms with Crippen LogP contribution in [0.1, 0.15) is 24.8 Å². The fraction of sp³-hybridized carbons (Fsp3) is 0.571. The van der Waals surface area contributed by atoms with E-state index in [1.54, 1.807) is 0 Å². The van der Waals surface area contributed by atoms with Gasteiger partial charge in [-0.25, -0.2) is 12.8 Å². The van der Waals surface area contributed by atoms with Crippen molar-refractivity contribution in [2.75, 3.05) is 13.1 Å². The molecule has 3 rings (SSSR count). The fourth-order valence-corrected chi connectivity index (χ4v) is 5.25. The maximum absolute atomic E-state index is 13.7. The Morgan fingerprint density at radius 1 is 1.13 bits per heavy atom. The maximum atomic E-state index is 13.7. The maximum Gasteiger partial charge on any atom is 0.419 e. The molecule has 4 nitrogen and oxygen atoms in total. The normalized spacial score (nSPS) is 26.3. The lowest BCUT2D eigenvalue weighted by molar-refractivity contribution is -0.140. The molecule has 2 fully saturated rings. The lowest BCUT2D eigenvalue weighted by atomic mass is 10.1. The van der Waals surface area contributed by atoms with Crippen LogP contribution in [0.5, 0.6) is 0 Å². The van der Waals surface area contributed by atoms with Crippen LogP contribution in [0, 0.1) is 5.82 Å². The first-order valence-electron chi connectivity index (χ1n) is 7.32. The molecule has 2 heterocycles. The standard InChI is InChI=1S/C14H16F4N2O2S/c15-13-7-11(3-4-12(13)14(16,17)18)23(21,22)20-9-1-2-10(20)8-19-6-5-9/h3-4,7,9-10,19H,1-2,5-6,8H2. The van der Waals surface area contributed by atoms with Crippen LogP contribution < -0.4 is 5.32 Å². The largest absolute Gasteiger partial charge is 0.419 e. The molecule has 2 saturated heterocycles. The summed E-state index contributed by atoms with van der Waals surface area (Å²) in [5, 5.41) is 3.14. The molecular formula is C14H16F4N2O2S. The monoisotopic (exact) mass is 352 g/mol. The predicted octanol–water partition coefficient (Wildman–Crippen LogP) is 2.36. The number of hydrogen-bond acceptors (Lipinski definition) is 3. The topological polar surface area (TPSA) is 49.4 Å². The van der Waals surface area contributed by atoms with Crippen molar-refractivity contribution in [3.05, 3.63) is 29.6 Å². The van der Waals surface area contributed by atoms with Crippen LogP contribution in [0.2, 0.25) is 0 Å². The van der Waals surface area contributed by atoms with Crippen molar-refractivity contribution >= 4 is 10.0 Å². The van der Waals surface area contributed by atoms with E-state index in [2.05, 4.69) is 5.32 Å². The minimum atomic E-state index is -4.85. The van der Waals surface area contributed by atoms with Crippen LogP contribution in [0.3, 0.4) is 0 Å². The Morgan fingerprint density at radius 2 is 1.83 bits per heavy atom. The molecule has 1 aromatic rings. The molecule has 2 atom stereocenters. The Bertz CT molecular complexity index is 691. The molecule has 0 radical (unpaired) electrons. The lowest BCUT2D eigenvalue weighted by Gasteiger charge is -2.27. The zero-order chi connectivity index (χ0) is 16.8. The van der Waals surface area contributed by atoms with E-state index in [0.717, 1.165) is 6.07 Å². The van der Waals surface area contributed by atoms with E-state index in [9.17, 15) is 26.0 Å². The smallest absolute Gasteiger partial charge is 0.315 e. The average Bonchev–Trinajstić information content (AvgIpc) is 2.71. The van der Waals surface area contributed by atoms with Crippen molar-refractivity contribution in [3.63, 3.8) is 0 Å². The molecular weight excluding hydrogens is 336 g/mol. The summed E-state index contributed by atoms with van der Waals surface area (Å²) in [6, 6.07) is 1.36. The highest BCUT2D eigenvalue weighted by Crippen LogP contribution is 2.36. The zero-order valence-corrected chi connectivity index (χ0v) is 12.9. The molecule has 2 bridgehead atoms. The number of fused-ring (bicyclic) bond motifs is 2. The van der Waals surface area contributed by atoms with Gasteiger partial charge in [-0.15, -0.1) is 0 Å². The van der Waals surface area contributed by atoms with Gasteiger partial charge < -0.3 is 5.32 Å². The van der Waals surface area contributed by atoms with Crippen molar-refractivity contribution < 1.29 is 26.0 Å². The second-order valence-electron chi connectivity index (χ2n) is 5.85. The van der Waals surface area contributed by atoms with Crippen LogP contribution in [0.25, 0.3) is 0 Å². The summed E-state index contributed by atoms with van der Waals surface area (Å²) < 4.78 is 78.4. The summed E-state index contributed by atoms with van der Waals surface area (Å²) in [4.78, 5) is -0.429. The van der Waals surface area contributed by atoms with E-state index < -0.39 is 32.5 Å². The van der Waals surface area contributed by atoms with E-state index in [-0.39, 0.29) is 12.1 Å². The van der Waals surface area contributed by atoms with Crippen LogP contribution in [-0.2, 0) is 16.2 Å². The molecule has 9 heteroatoms. The Balaban J connectivity index is 1.99. The van der Waals surface area contributed by atoms with Gasteiger partial charge in [-0.1, -0.05) is 0 Å². The minimum Gasteiger partial charge on any atom is -0.315 e. The fourth-order valence-electron chi connectivity index (χ4n) is 3.34. The van der Waals surface area contributed by atoms with Gasteiger partial charge in [0.15, 0.2) is 0 Å². The number of nitrogens with one attached hydrogen (secondary N) is 1. The first-order chi connectivity index (χ1) is 10.7. The number of sulfonamides is 1. The van der Waals surface area contributed by atoms with Crippen LogP contribution in [0.15, 0.2) is 23.1 Å². The van der Waals surface area contributed by atoms with Crippen molar-refractivity contribution in [3.8, 4) is 0 Å². The molecule has 0 aromatic heterocycles. The predicted molar refractivity (Wildman–Crippen MR) is 74.7 cm³/mol. The number of benzene rings is 1. The number of hydrogen-bond donors (Lipinski definition) is 1. The Labute approximate surface area is 131 Å². The van der Waals surface area contributed by atoms with Gasteiger partial charge in [0.05, 0.1) is 10.5 Å². The van der Waals surface area contributed by atoms with E-state index in [4.69, 9.17) is 0 Å². The van der Waals surface area contributed by atoms with E-state index >= 15 is 0 Å². The molecule has 128 valence electrons. The van der Waals surface area contributed by atoms with Gasteiger partial charge in [0.2, 0.25) is 10.0 Å². The molecule has 2 aliphatic heterocycles. The van der Waals surface area contributed by atoms with Gasteiger partial charge in [0, 0.05) is 18.6 Å². The van der Waals surface area contributed by atoms with Gasteiger partial charge in [0.1, 0.15) is 5.82 Å². The molecule has 2 unspecified atom stereocenters. The van der Waals surface area contributed by atoms with Gasteiger partial charge >= 0.3 is 6.18 Å². The number of rotatable bonds is 2. The number of halogens is 4. The molecule has 0 aliphatic carbocycles. The van der Waals surface area contributed by atoms with Gasteiger partial charge in [-0.2, -0.15) is 17.5 Å². The first-order valence-corrected chi connectivity index (χ1v) is 8.76. The van der Waals surface area contributed by atoms with Crippen molar-refractivity contribution in [1.29, 1.82) is 0 Å². The summed E-state index contributed by atoms with van der Waals surface area (Å²) >= 11 is 0. The highest BCUT2D eigenvalue weighted by molar-refractivity contribution is 7.89. The third-order valence-electron chi connectivity index (χ3n) is 4.41. The van der Waals surface area contributed by atoms with E-state index in [1.165, 1.54) is 4.31 Å². The summed E-state index contributed by atoms with van der Waals surface area (Å²) in [7, 11) is -4.02. The van der Waals surface area contributed by atoms with Crippen molar-refractivity contribution in [1.82, 2.24) is 9.62 Å². The molecule has 0 amide bonds. The second kappa shape index (κ2) is 5.71. The lowest BCUT2D eigenvalue weighted by Crippen LogP contribution is -2.42. The third-order valence-corrected chi connectivity index (χ3v) is 6.41. The molecule has 2 aliphatic rings. The van der Waals surface area contributed by atoms with Crippen LogP contribution in [0.4, 0.5) is 17.6 Å². The first kappa shape index (κ1) is 16.7. The quantitative estimate of drug-likeness (QED) is 0.832.